The molecule has 2 rings (SSSR count). The van der Waals surface area contributed by atoms with Crippen molar-refractivity contribution < 1.29 is 9.53 Å². The highest BCUT2D eigenvalue weighted by molar-refractivity contribution is 14.0. The molecule has 1 amide bonds. The van der Waals surface area contributed by atoms with Crippen molar-refractivity contribution >= 4 is 35.8 Å². The average molecular weight is 488 g/mol. The number of guanidine groups is 1. The maximum Gasteiger partial charge on any atom is 0.242 e. The van der Waals surface area contributed by atoms with E-state index in [2.05, 4.69) is 15.6 Å². The molecule has 1 aliphatic carbocycles. The van der Waals surface area contributed by atoms with Gasteiger partial charge in [-0.25, -0.2) is 4.99 Å². The number of hydrogen-bond donors (Lipinski definition) is 2. The lowest BCUT2D eigenvalue weighted by Gasteiger charge is -2.24. The van der Waals surface area contributed by atoms with Crippen molar-refractivity contribution in [3.63, 3.8) is 0 Å². The van der Waals surface area contributed by atoms with Crippen LogP contribution in [0.25, 0.3) is 0 Å². The fourth-order valence-corrected chi connectivity index (χ4v) is 3.22. The van der Waals surface area contributed by atoms with Crippen molar-refractivity contribution in [2.75, 3.05) is 27.2 Å². The summed E-state index contributed by atoms with van der Waals surface area (Å²) in [6.45, 7) is 3.65. The first-order chi connectivity index (χ1) is 12.6. The van der Waals surface area contributed by atoms with Gasteiger partial charge in [0, 0.05) is 26.2 Å². The van der Waals surface area contributed by atoms with E-state index in [1.54, 1.807) is 7.11 Å². The van der Waals surface area contributed by atoms with Gasteiger partial charge in [0.1, 0.15) is 12.3 Å². The Morgan fingerprint density at radius 1 is 1.22 bits per heavy atom. The Bertz CT molecular complexity index is 586. The highest BCUT2D eigenvalue weighted by atomic mass is 127. The zero-order chi connectivity index (χ0) is 18.8. The third-order valence-electron chi connectivity index (χ3n) is 4.62. The second kappa shape index (κ2) is 12.8. The van der Waals surface area contributed by atoms with Crippen molar-refractivity contribution in [1.82, 2.24) is 15.5 Å². The minimum atomic E-state index is 0. The highest BCUT2D eigenvalue weighted by Gasteiger charge is 2.15. The van der Waals surface area contributed by atoms with E-state index >= 15 is 0 Å². The molecule has 27 heavy (non-hydrogen) atoms. The summed E-state index contributed by atoms with van der Waals surface area (Å²) in [5.41, 5.74) is 1.16. The van der Waals surface area contributed by atoms with Crippen LogP contribution in [0.2, 0.25) is 0 Å². The molecule has 0 bridgehead atoms. The van der Waals surface area contributed by atoms with Gasteiger partial charge in [-0.1, -0.05) is 31.4 Å². The number of aliphatic imine (C=N–C) groups is 1. The molecule has 2 N–H and O–H groups in total. The maximum absolute atomic E-state index is 12.2. The minimum Gasteiger partial charge on any atom is -0.497 e. The highest BCUT2D eigenvalue weighted by Crippen LogP contribution is 2.17. The molecule has 0 aliphatic heterocycles. The molecule has 152 valence electrons. The number of rotatable bonds is 7. The van der Waals surface area contributed by atoms with Crippen molar-refractivity contribution in [3.8, 4) is 5.75 Å². The van der Waals surface area contributed by atoms with Gasteiger partial charge in [0.2, 0.25) is 5.91 Å². The summed E-state index contributed by atoms with van der Waals surface area (Å²) >= 11 is 0. The van der Waals surface area contributed by atoms with Gasteiger partial charge in [-0.05, 0) is 37.5 Å². The zero-order valence-corrected chi connectivity index (χ0v) is 19.0. The number of hydrogen-bond acceptors (Lipinski definition) is 3. The number of carbonyl (C=O) groups is 1. The molecular weight excluding hydrogens is 455 g/mol. The summed E-state index contributed by atoms with van der Waals surface area (Å²) in [7, 11) is 3.64. The van der Waals surface area contributed by atoms with Crippen LogP contribution >= 0.6 is 24.0 Å². The molecule has 0 aromatic heterocycles. The van der Waals surface area contributed by atoms with Crippen molar-refractivity contribution in [1.29, 1.82) is 0 Å². The lowest BCUT2D eigenvalue weighted by molar-refractivity contribution is -0.120. The molecule has 0 spiro atoms. The van der Waals surface area contributed by atoms with E-state index in [9.17, 15) is 4.79 Å². The Balaban J connectivity index is 0.00000364. The van der Waals surface area contributed by atoms with Gasteiger partial charge < -0.3 is 20.3 Å². The van der Waals surface area contributed by atoms with Gasteiger partial charge in [-0.3, -0.25) is 4.79 Å². The largest absolute Gasteiger partial charge is 0.497 e. The normalized spacial score (nSPS) is 14.9. The number of ether oxygens (including phenoxy) is 1. The maximum atomic E-state index is 12.2. The Morgan fingerprint density at radius 2 is 1.89 bits per heavy atom. The summed E-state index contributed by atoms with van der Waals surface area (Å²) in [6, 6.07) is 8.30. The molecule has 0 heterocycles. The molecule has 0 saturated heterocycles. The monoisotopic (exact) mass is 488 g/mol. The second-order valence-corrected chi connectivity index (χ2v) is 6.78. The summed E-state index contributed by atoms with van der Waals surface area (Å²) in [4.78, 5) is 18.7. The van der Waals surface area contributed by atoms with E-state index < -0.39 is 0 Å². The van der Waals surface area contributed by atoms with Crippen molar-refractivity contribution in [3.05, 3.63) is 29.8 Å². The van der Waals surface area contributed by atoms with E-state index in [1.807, 2.05) is 43.1 Å². The summed E-state index contributed by atoms with van der Waals surface area (Å²) in [5.74, 6) is 1.59. The number of nitrogens with zero attached hydrogens (tertiary/aromatic N) is 2. The molecule has 7 heteroatoms. The molecule has 1 aromatic rings. The molecule has 1 aliphatic rings. The van der Waals surface area contributed by atoms with Crippen molar-refractivity contribution in [2.24, 2.45) is 4.99 Å². The van der Waals surface area contributed by atoms with Crippen LogP contribution in [0.5, 0.6) is 5.75 Å². The van der Waals surface area contributed by atoms with Crippen LogP contribution in [-0.4, -0.2) is 50.1 Å². The van der Waals surface area contributed by atoms with Gasteiger partial charge in [-0.2, -0.15) is 0 Å². The summed E-state index contributed by atoms with van der Waals surface area (Å²) in [5, 5.41) is 6.37. The average Bonchev–Trinajstić information content (AvgIpc) is 2.66. The summed E-state index contributed by atoms with van der Waals surface area (Å²) in [6.07, 6.45) is 5.88. The van der Waals surface area contributed by atoms with Crippen LogP contribution in [0.4, 0.5) is 0 Å². The third kappa shape index (κ3) is 8.36. The van der Waals surface area contributed by atoms with Crippen LogP contribution in [0.1, 0.15) is 44.6 Å². The van der Waals surface area contributed by atoms with E-state index in [0.717, 1.165) is 36.7 Å². The van der Waals surface area contributed by atoms with Gasteiger partial charge in [0.05, 0.1) is 7.11 Å². The minimum absolute atomic E-state index is 0. The predicted octanol–water partition coefficient (Wildman–Crippen LogP) is 3.16. The Labute approximate surface area is 180 Å². The van der Waals surface area contributed by atoms with E-state index in [4.69, 9.17) is 4.74 Å². The van der Waals surface area contributed by atoms with Gasteiger partial charge >= 0.3 is 0 Å². The quantitative estimate of drug-likeness (QED) is 0.352. The molecule has 1 aromatic carbocycles. The number of carbonyl (C=O) groups excluding carboxylic acids is 1. The third-order valence-corrected chi connectivity index (χ3v) is 4.62. The molecule has 1 saturated carbocycles. The zero-order valence-electron chi connectivity index (χ0n) is 16.7. The smallest absolute Gasteiger partial charge is 0.242 e. The second-order valence-electron chi connectivity index (χ2n) is 6.78. The number of benzene rings is 1. The van der Waals surface area contributed by atoms with Crippen LogP contribution in [0.3, 0.4) is 0 Å². The SMILES string of the molecule is CCNC(=NCC(=O)NC1CCCCC1)N(C)Cc1ccc(OC)cc1.I. The fraction of sp³-hybridized carbons (Fsp3) is 0.600. The molecular formula is C20H33IN4O2. The molecule has 0 atom stereocenters. The predicted molar refractivity (Wildman–Crippen MR) is 121 cm³/mol. The number of halogens is 1. The first kappa shape index (κ1) is 23.5. The van der Waals surface area contributed by atoms with Crippen LogP contribution in [-0.2, 0) is 11.3 Å². The number of amides is 1. The van der Waals surface area contributed by atoms with E-state index in [-0.39, 0.29) is 36.4 Å². The Kier molecular flexibility index (Phi) is 11.2. The number of nitrogens with one attached hydrogen (secondary N) is 2. The van der Waals surface area contributed by atoms with E-state index in [0.29, 0.717) is 12.6 Å². The Hall–Kier alpha value is -1.51. The molecule has 0 radical (unpaired) electrons. The Morgan fingerprint density at radius 3 is 2.48 bits per heavy atom. The van der Waals surface area contributed by atoms with Crippen LogP contribution < -0.4 is 15.4 Å². The first-order valence-electron chi connectivity index (χ1n) is 9.54. The van der Waals surface area contributed by atoms with Gasteiger partial charge in [-0.15, -0.1) is 24.0 Å². The topological polar surface area (TPSA) is 66.0 Å². The van der Waals surface area contributed by atoms with Crippen molar-refractivity contribution in [2.45, 2.75) is 51.6 Å². The first-order valence-corrected chi connectivity index (χ1v) is 9.54. The fourth-order valence-electron chi connectivity index (χ4n) is 3.22. The lowest BCUT2D eigenvalue weighted by atomic mass is 9.95. The van der Waals surface area contributed by atoms with Gasteiger partial charge in [0.15, 0.2) is 5.96 Å². The standard InChI is InChI=1S/C20H32N4O2.HI/c1-4-21-20(22-14-19(25)23-17-8-6-5-7-9-17)24(2)15-16-10-12-18(26-3)13-11-16;/h10-13,17H,4-9,14-15H2,1-3H3,(H,21,22)(H,23,25);1H. The van der Waals surface area contributed by atoms with E-state index in [1.165, 1.54) is 19.3 Å². The molecule has 1 fully saturated rings. The number of methoxy groups -OCH3 is 1. The van der Waals surface area contributed by atoms with Crippen LogP contribution in [0, 0.1) is 0 Å². The van der Waals surface area contributed by atoms with Gasteiger partial charge in [0.25, 0.3) is 0 Å². The summed E-state index contributed by atoms with van der Waals surface area (Å²) < 4.78 is 5.19. The van der Waals surface area contributed by atoms with Crippen LogP contribution in [0.15, 0.2) is 29.3 Å². The molecule has 6 nitrogen and oxygen atoms in total. The molecule has 0 unspecified atom stereocenters. The lowest BCUT2D eigenvalue weighted by Crippen LogP contribution is -2.41.